The van der Waals surface area contributed by atoms with Crippen molar-refractivity contribution in [1.29, 1.82) is 0 Å². The lowest BCUT2D eigenvalue weighted by Gasteiger charge is -2.34. The van der Waals surface area contributed by atoms with Crippen LogP contribution in [0.25, 0.3) is 0 Å². The first-order chi connectivity index (χ1) is 8.68. The van der Waals surface area contributed by atoms with Crippen molar-refractivity contribution in [2.75, 3.05) is 0 Å². The summed E-state index contributed by atoms with van der Waals surface area (Å²) in [5.74, 6) is 0.173. The molecule has 1 aliphatic rings. The minimum atomic E-state index is 0.173. The number of carbonyl (C=O) groups is 1. The maximum atomic E-state index is 11.3. The molecular weight excluding hydrogens is 222 g/mol. The Labute approximate surface area is 112 Å². The quantitative estimate of drug-likeness (QED) is 0.679. The molecule has 1 aromatic carbocycles. The number of hydrogen-bond acceptors (Lipinski definition) is 1. The Morgan fingerprint density at radius 1 is 1.11 bits per heavy atom. The van der Waals surface area contributed by atoms with Crippen LogP contribution in [0.15, 0.2) is 24.3 Å². The van der Waals surface area contributed by atoms with Crippen LogP contribution in [0.3, 0.4) is 0 Å². The monoisotopic (exact) mass is 249 g/mol. The van der Waals surface area contributed by atoms with Gasteiger partial charge in [-0.15, -0.1) is 0 Å². The zero-order valence-electron chi connectivity index (χ0n) is 12.7. The summed E-state index contributed by atoms with van der Waals surface area (Å²) in [4.78, 5) is 13.3. The lowest BCUT2D eigenvalue weighted by molar-refractivity contribution is -0.131. The molecule has 1 heterocycles. The molecule has 0 aliphatic carbocycles. The fourth-order valence-corrected chi connectivity index (χ4v) is 2.10. The normalized spacial score (nSPS) is 16.6. The molecular formula is C16H27NO. The molecule has 0 fully saturated rings. The van der Waals surface area contributed by atoms with Crippen LogP contribution < -0.4 is 0 Å². The SMILES string of the molecule is CC.CC.CC(=O)N1Cc2ccccc2CC1C. The van der Waals surface area contributed by atoms with E-state index in [1.54, 1.807) is 6.92 Å². The highest BCUT2D eigenvalue weighted by atomic mass is 16.2. The first-order valence-electron chi connectivity index (χ1n) is 7.02. The Morgan fingerprint density at radius 2 is 1.61 bits per heavy atom. The number of hydrogen-bond donors (Lipinski definition) is 0. The van der Waals surface area contributed by atoms with Gasteiger partial charge in [0.1, 0.15) is 0 Å². The van der Waals surface area contributed by atoms with Gasteiger partial charge in [-0.1, -0.05) is 52.0 Å². The molecule has 18 heavy (non-hydrogen) atoms. The van der Waals surface area contributed by atoms with Gasteiger partial charge in [-0.2, -0.15) is 0 Å². The largest absolute Gasteiger partial charge is 0.336 e. The van der Waals surface area contributed by atoms with Crippen molar-refractivity contribution in [1.82, 2.24) is 4.90 Å². The van der Waals surface area contributed by atoms with Crippen molar-refractivity contribution in [3.63, 3.8) is 0 Å². The average Bonchev–Trinajstić information content (AvgIpc) is 2.42. The Kier molecular flexibility index (Phi) is 8.10. The summed E-state index contributed by atoms with van der Waals surface area (Å²) in [5.41, 5.74) is 2.68. The zero-order valence-corrected chi connectivity index (χ0v) is 12.7. The second kappa shape index (κ2) is 8.73. The van der Waals surface area contributed by atoms with E-state index in [-0.39, 0.29) is 5.91 Å². The minimum absolute atomic E-state index is 0.173. The fraction of sp³-hybridized carbons (Fsp3) is 0.562. The lowest BCUT2D eigenvalue weighted by Crippen LogP contribution is -2.41. The van der Waals surface area contributed by atoms with Crippen LogP contribution in [0.4, 0.5) is 0 Å². The van der Waals surface area contributed by atoms with E-state index >= 15 is 0 Å². The molecule has 0 N–H and O–H groups in total. The Morgan fingerprint density at radius 3 is 2.11 bits per heavy atom. The highest BCUT2D eigenvalue weighted by molar-refractivity contribution is 5.74. The molecule has 1 amide bonds. The predicted octanol–water partition coefficient (Wildman–Crippen LogP) is 4.03. The molecule has 0 radical (unpaired) electrons. The number of benzene rings is 1. The summed E-state index contributed by atoms with van der Waals surface area (Å²) in [6, 6.07) is 8.70. The third-order valence-electron chi connectivity index (χ3n) is 2.91. The van der Waals surface area contributed by atoms with E-state index < -0.39 is 0 Å². The minimum Gasteiger partial charge on any atom is -0.336 e. The van der Waals surface area contributed by atoms with Gasteiger partial charge >= 0.3 is 0 Å². The van der Waals surface area contributed by atoms with Crippen molar-refractivity contribution >= 4 is 5.91 Å². The third-order valence-corrected chi connectivity index (χ3v) is 2.91. The number of fused-ring (bicyclic) bond motifs is 1. The molecule has 1 atom stereocenters. The second-order valence-corrected chi connectivity index (χ2v) is 3.97. The average molecular weight is 249 g/mol. The van der Waals surface area contributed by atoms with Gasteiger partial charge < -0.3 is 4.90 Å². The summed E-state index contributed by atoms with van der Waals surface area (Å²) in [5, 5.41) is 0. The van der Waals surface area contributed by atoms with E-state index in [1.807, 2.05) is 38.7 Å². The van der Waals surface area contributed by atoms with Gasteiger partial charge in [-0.05, 0) is 24.5 Å². The van der Waals surface area contributed by atoms with E-state index in [9.17, 15) is 4.79 Å². The molecule has 2 heteroatoms. The van der Waals surface area contributed by atoms with Gasteiger partial charge in [-0.25, -0.2) is 0 Å². The summed E-state index contributed by atoms with van der Waals surface area (Å²) in [7, 11) is 0. The van der Waals surface area contributed by atoms with Gasteiger partial charge in [0, 0.05) is 19.5 Å². The molecule has 0 bridgehead atoms. The van der Waals surface area contributed by atoms with E-state index in [2.05, 4.69) is 25.1 Å². The summed E-state index contributed by atoms with van der Waals surface area (Å²) in [6.07, 6.45) is 0.982. The maximum absolute atomic E-state index is 11.3. The molecule has 1 unspecified atom stereocenters. The zero-order chi connectivity index (χ0) is 14.1. The first-order valence-corrected chi connectivity index (χ1v) is 7.02. The maximum Gasteiger partial charge on any atom is 0.219 e. The fourth-order valence-electron chi connectivity index (χ4n) is 2.10. The van der Waals surface area contributed by atoms with E-state index in [4.69, 9.17) is 0 Å². The van der Waals surface area contributed by atoms with Crippen LogP contribution in [0.1, 0.15) is 52.7 Å². The second-order valence-electron chi connectivity index (χ2n) is 3.97. The number of carbonyl (C=O) groups excluding carboxylic acids is 1. The topological polar surface area (TPSA) is 20.3 Å². The summed E-state index contributed by atoms with van der Waals surface area (Å²) >= 11 is 0. The third kappa shape index (κ3) is 4.17. The summed E-state index contributed by atoms with van der Waals surface area (Å²) in [6.45, 7) is 12.5. The number of amides is 1. The van der Waals surface area contributed by atoms with Gasteiger partial charge in [-0.3, -0.25) is 4.79 Å². The van der Waals surface area contributed by atoms with E-state index in [0.29, 0.717) is 6.04 Å². The molecule has 0 saturated carbocycles. The lowest BCUT2D eigenvalue weighted by atomic mass is 9.95. The number of nitrogens with zero attached hydrogens (tertiary/aromatic N) is 1. The number of rotatable bonds is 0. The highest BCUT2D eigenvalue weighted by Crippen LogP contribution is 2.22. The smallest absolute Gasteiger partial charge is 0.219 e. The first kappa shape index (κ1) is 16.7. The molecule has 0 saturated heterocycles. The van der Waals surface area contributed by atoms with Gasteiger partial charge in [0.2, 0.25) is 5.91 Å². The van der Waals surface area contributed by atoms with Gasteiger partial charge in [0.15, 0.2) is 0 Å². The molecule has 102 valence electrons. The molecule has 2 nitrogen and oxygen atoms in total. The van der Waals surface area contributed by atoms with Crippen LogP contribution in [0.5, 0.6) is 0 Å². The molecule has 2 rings (SSSR count). The Hall–Kier alpha value is -1.31. The van der Waals surface area contributed by atoms with E-state index in [0.717, 1.165) is 13.0 Å². The van der Waals surface area contributed by atoms with Crippen LogP contribution in [-0.4, -0.2) is 16.8 Å². The van der Waals surface area contributed by atoms with Gasteiger partial charge in [0.25, 0.3) is 0 Å². The van der Waals surface area contributed by atoms with Crippen molar-refractivity contribution in [2.24, 2.45) is 0 Å². The predicted molar refractivity (Wildman–Crippen MR) is 78.5 cm³/mol. The molecule has 0 spiro atoms. The summed E-state index contributed by atoms with van der Waals surface area (Å²) < 4.78 is 0. The van der Waals surface area contributed by atoms with E-state index in [1.165, 1.54) is 11.1 Å². The van der Waals surface area contributed by atoms with Crippen molar-refractivity contribution in [3.8, 4) is 0 Å². The van der Waals surface area contributed by atoms with Crippen LogP contribution >= 0.6 is 0 Å². The Bertz CT molecular complexity index is 360. The Balaban J connectivity index is 0.000000659. The van der Waals surface area contributed by atoms with Crippen LogP contribution in [0, 0.1) is 0 Å². The standard InChI is InChI=1S/C12H15NO.2C2H6/c1-9-7-11-5-3-4-6-12(11)8-13(9)10(2)14;2*1-2/h3-6,9H,7-8H2,1-2H3;2*1-2H3. The van der Waals surface area contributed by atoms with Gasteiger partial charge in [0.05, 0.1) is 0 Å². The molecule has 1 aromatic rings. The van der Waals surface area contributed by atoms with Crippen LogP contribution in [-0.2, 0) is 17.8 Å². The molecule has 0 aromatic heterocycles. The van der Waals surface area contributed by atoms with Crippen molar-refractivity contribution < 1.29 is 4.79 Å². The van der Waals surface area contributed by atoms with Crippen molar-refractivity contribution in [2.45, 2.75) is 60.5 Å². The highest BCUT2D eigenvalue weighted by Gasteiger charge is 2.23. The molecule has 1 aliphatic heterocycles. The van der Waals surface area contributed by atoms with Crippen molar-refractivity contribution in [3.05, 3.63) is 35.4 Å². The van der Waals surface area contributed by atoms with Crippen LogP contribution in [0.2, 0.25) is 0 Å².